The summed E-state index contributed by atoms with van der Waals surface area (Å²) >= 11 is 0. The van der Waals surface area contributed by atoms with E-state index in [0.717, 1.165) is 34.5 Å². The number of aryl methyl sites for hydroxylation is 1. The summed E-state index contributed by atoms with van der Waals surface area (Å²) in [5.41, 5.74) is 12.7. The highest BCUT2D eigenvalue weighted by Gasteiger charge is 2.21. The van der Waals surface area contributed by atoms with Gasteiger partial charge in [0.2, 0.25) is 5.91 Å². The molecule has 3 N–H and O–H groups in total. The highest BCUT2D eigenvalue weighted by molar-refractivity contribution is 5.99. The van der Waals surface area contributed by atoms with Crippen molar-refractivity contribution in [2.45, 2.75) is 26.4 Å². The molecule has 6 nitrogen and oxygen atoms in total. The van der Waals surface area contributed by atoms with E-state index in [1.54, 1.807) is 6.07 Å². The van der Waals surface area contributed by atoms with Crippen LogP contribution in [-0.4, -0.2) is 25.0 Å². The quantitative estimate of drug-likeness (QED) is 0.340. The Morgan fingerprint density at radius 1 is 0.974 bits per heavy atom. The van der Waals surface area contributed by atoms with Crippen LogP contribution in [0.15, 0.2) is 91.0 Å². The smallest absolute Gasteiger partial charge is 0.251 e. The predicted molar refractivity (Wildman–Crippen MR) is 150 cm³/mol. The van der Waals surface area contributed by atoms with Crippen LogP contribution in [0.3, 0.4) is 0 Å². The lowest BCUT2D eigenvalue weighted by atomic mass is 9.98. The van der Waals surface area contributed by atoms with Gasteiger partial charge in [-0.1, -0.05) is 72.3 Å². The second-order valence-corrected chi connectivity index (χ2v) is 9.67. The molecule has 1 aliphatic rings. The van der Waals surface area contributed by atoms with Crippen molar-refractivity contribution in [1.29, 1.82) is 0 Å². The summed E-state index contributed by atoms with van der Waals surface area (Å²) in [6.45, 7) is 6.02. The van der Waals surface area contributed by atoms with Crippen molar-refractivity contribution >= 4 is 17.5 Å². The van der Waals surface area contributed by atoms with E-state index < -0.39 is 5.91 Å². The third-order valence-corrected chi connectivity index (χ3v) is 6.94. The Hall–Kier alpha value is -4.58. The van der Waals surface area contributed by atoms with Crippen LogP contribution in [0, 0.1) is 6.92 Å². The minimum Gasteiger partial charge on any atom is -0.490 e. The van der Waals surface area contributed by atoms with E-state index in [2.05, 4.69) is 22.3 Å². The number of benzene rings is 4. The first-order chi connectivity index (χ1) is 18.4. The molecule has 2 amide bonds. The van der Waals surface area contributed by atoms with E-state index in [-0.39, 0.29) is 11.9 Å². The average Bonchev–Trinajstić information content (AvgIpc) is 2.93. The molecule has 38 heavy (non-hydrogen) atoms. The summed E-state index contributed by atoms with van der Waals surface area (Å²) in [5.74, 6) is 0.139. The fourth-order valence-electron chi connectivity index (χ4n) is 4.76. The lowest BCUT2D eigenvalue weighted by molar-refractivity contribution is 0.0938. The number of nitrogens with two attached hydrogens (primary N) is 1. The van der Waals surface area contributed by atoms with Crippen molar-refractivity contribution in [3.8, 4) is 16.9 Å². The van der Waals surface area contributed by atoms with Gasteiger partial charge in [-0.15, -0.1) is 0 Å². The lowest BCUT2D eigenvalue weighted by Crippen LogP contribution is -2.32. The van der Waals surface area contributed by atoms with Crippen molar-refractivity contribution in [3.05, 3.63) is 119 Å². The van der Waals surface area contributed by atoms with E-state index in [1.807, 2.05) is 86.6 Å². The molecule has 0 saturated heterocycles. The van der Waals surface area contributed by atoms with E-state index >= 15 is 0 Å². The summed E-state index contributed by atoms with van der Waals surface area (Å²) in [5, 5.41) is 3.08. The number of fused-ring (bicyclic) bond motifs is 1. The van der Waals surface area contributed by atoms with Crippen LogP contribution in [0.4, 0.5) is 5.69 Å². The topological polar surface area (TPSA) is 84.7 Å². The van der Waals surface area contributed by atoms with Gasteiger partial charge in [0, 0.05) is 17.7 Å². The van der Waals surface area contributed by atoms with Gasteiger partial charge < -0.3 is 20.7 Å². The van der Waals surface area contributed by atoms with Crippen molar-refractivity contribution in [2.75, 3.05) is 18.1 Å². The molecule has 4 aromatic rings. The van der Waals surface area contributed by atoms with Crippen molar-refractivity contribution < 1.29 is 14.3 Å². The zero-order valence-corrected chi connectivity index (χ0v) is 21.6. The summed E-state index contributed by atoms with van der Waals surface area (Å²) in [4.78, 5) is 27.0. The molecule has 0 aliphatic carbocycles. The molecule has 0 bridgehead atoms. The first-order valence-electron chi connectivity index (χ1n) is 12.8. The maximum absolute atomic E-state index is 13.0. The Kier molecular flexibility index (Phi) is 7.13. The number of amides is 2. The minimum atomic E-state index is -0.438. The Morgan fingerprint density at radius 2 is 1.71 bits per heavy atom. The number of nitrogens with zero attached hydrogens (tertiary/aromatic N) is 1. The van der Waals surface area contributed by atoms with Gasteiger partial charge in [-0.05, 0) is 60.4 Å². The number of ether oxygens (including phenoxy) is 1. The average molecular weight is 506 g/mol. The monoisotopic (exact) mass is 505 g/mol. The number of hydrogen-bond donors (Lipinski definition) is 2. The molecule has 0 radical (unpaired) electrons. The molecule has 0 aromatic heterocycles. The van der Waals surface area contributed by atoms with Crippen molar-refractivity contribution in [3.63, 3.8) is 0 Å². The Labute approximate surface area is 223 Å². The Bertz CT molecular complexity index is 1460. The number of carbonyl (C=O) groups excluding carboxylic acids is 2. The number of rotatable bonds is 7. The van der Waals surface area contributed by atoms with E-state index in [9.17, 15) is 9.59 Å². The third kappa shape index (κ3) is 5.39. The highest BCUT2D eigenvalue weighted by Crippen LogP contribution is 2.34. The lowest BCUT2D eigenvalue weighted by Gasteiger charge is -2.31. The minimum absolute atomic E-state index is 0.102. The van der Waals surface area contributed by atoms with Gasteiger partial charge in [0.25, 0.3) is 5.91 Å². The molecule has 1 aliphatic heterocycles. The largest absolute Gasteiger partial charge is 0.490 e. The van der Waals surface area contributed by atoms with Crippen LogP contribution in [0.2, 0.25) is 0 Å². The van der Waals surface area contributed by atoms with Crippen LogP contribution in [0.1, 0.15) is 50.4 Å². The van der Waals surface area contributed by atoms with Crippen LogP contribution < -0.4 is 20.7 Å². The molecule has 0 spiro atoms. The van der Waals surface area contributed by atoms with Crippen molar-refractivity contribution in [2.24, 2.45) is 5.73 Å². The maximum atomic E-state index is 13.0. The fourth-order valence-corrected chi connectivity index (χ4v) is 4.76. The number of primary amides is 1. The molecule has 6 heteroatoms. The van der Waals surface area contributed by atoms with Gasteiger partial charge in [0.1, 0.15) is 12.4 Å². The van der Waals surface area contributed by atoms with Crippen molar-refractivity contribution in [1.82, 2.24) is 5.32 Å². The summed E-state index contributed by atoms with van der Waals surface area (Å²) in [6, 6.07) is 29.2. The zero-order chi connectivity index (χ0) is 26.6. The Balaban J connectivity index is 1.29. The molecule has 5 rings (SSSR count). The van der Waals surface area contributed by atoms with Gasteiger partial charge in [-0.2, -0.15) is 0 Å². The number of anilines is 1. The summed E-state index contributed by atoms with van der Waals surface area (Å²) in [6.07, 6.45) is 0. The van der Waals surface area contributed by atoms with E-state index in [1.165, 1.54) is 5.56 Å². The van der Waals surface area contributed by atoms with E-state index in [0.29, 0.717) is 30.0 Å². The van der Waals surface area contributed by atoms with Gasteiger partial charge in [0.05, 0.1) is 18.3 Å². The molecular weight excluding hydrogens is 474 g/mol. The third-order valence-electron chi connectivity index (χ3n) is 6.94. The molecule has 0 unspecified atom stereocenters. The first-order valence-corrected chi connectivity index (χ1v) is 12.8. The van der Waals surface area contributed by atoms with Crippen LogP contribution in [-0.2, 0) is 6.54 Å². The molecular formula is C32H31N3O3. The maximum Gasteiger partial charge on any atom is 0.251 e. The molecule has 1 atom stereocenters. The van der Waals surface area contributed by atoms with E-state index in [4.69, 9.17) is 10.5 Å². The fraction of sp³-hybridized carbons (Fsp3) is 0.188. The van der Waals surface area contributed by atoms with Gasteiger partial charge in [-0.3, -0.25) is 9.59 Å². The highest BCUT2D eigenvalue weighted by atomic mass is 16.5. The zero-order valence-electron chi connectivity index (χ0n) is 21.6. The molecule has 4 aromatic carbocycles. The van der Waals surface area contributed by atoms with Gasteiger partial charge in [0.15, 0.2) is 0 Å². The molecule has 192 valence electrons. The van der Waals surface area contributed by atoms with Gasteiger partial charge in [-0.25, -0.2) is 0 Å². The second kappa shape index (κ2) is 10.8. The molecule has 1 heterocycles. The van der Waals surface area contributed by atoms with Crippen LogP contribution in [0.5, 0.6) is 5.75 Å². The van der Waals surface area contributed by atoms with Crippen LogP contribution in [0.25, 0.3) is 11.1 Å². The number of carbonyl (C=O) groups is 2. The number of hydrogen-bond acceptors (Lipinski definition) is 4. The molecule has 0 fully saturated rings. The summed E-state index contributed by atoms with van der Waals surface area (Å²) in [7, 11) is 0. The Morgan fingerprint density at radius 3 is 2.45 bits per heavy atom. The first kappa shape index (κ1) is 25.1. The predicted octanol–water partition coefficient (Wildman–Crippen LogP) is 5.65. The standard InChI is InChI=1S/C32H31N3O3/c1-21-7-11-24(12-8-21)22(2)34-32(37)26-15-16-29-30(19-26)38-18-17-35(29)20-23-9-13-25(14-10-23)27-5-3-4-6-28(27)31(33)36/h3-16,19,22H,17-18,20H2,1-2H3,(H2,33,36)(H,34,37)/t22-/m0/s1. The van der Waals surface area contributed by atoms with Gasteiger partial charge >= 0.3 is 0 Å². The summed E-state index contributed by atoms with van der Waals surface area (Å²) < 4.78 is 5.93. The molecule has 0 saturated carbocycles. The SMILES string of the molecule is Cc1ccc([C@H](C)NC(=O)c2ccc3c(c2)OCCN3Cc2ccc(-c3ccccc3C(N)=O)cc2)cc1. The normalized spacial score (nSPS) is 13.3. The second-order valence-electron chi connectivity index (χ2n) is 9.67. The van der Waals surface area contributed by atoms with Crippen LogP contribution >= 0.6 is 0 Å². The number of nitrogens with one attached hydrogen (secondary N) is 1.